The van der Waals surface area contributed by atoms with E-state index < -0.39 is 7.12 Å². The van der Waals surface area contributed by atoms with Gasteiger partial charge in [-0.05, 0) is 57.9 Å². The molecular formula is C46H30BCl5N4O4. The molecule has 0 fully saturated rings. The van der Waals surface area contributed by atoms with Crippen LogP contribution >= 0.6 is 58.0 Å². The maximum Gasteiger partial charge on any atom is 0.492 e. The highest BCUT2D eigenvalue weighted by Crippen LogP contribution is 2.40. The summed E-state index contributed by atoms with van der Waals surface area (Å²) in [4.78, 5) is 18.5. The molecule has 0 amide bonds. The van der Waals surface area contributed by atoms with Crippen LogP contribution in [0.15, 0.2) is 133 Å². The molecule has 0 radical (unpaired) electrons. The van der Waals surface area contributed by atoms with Crippen LogP contribution in [0.1, 0.15) is 0 Å². The standard InChI is InChI=1S/C23H14Cl2N2O.C16H8Cl2N2.C7H8BClO3/c1-28-19-11-10-13(24)12-18(19)22-23(25)27-21-17-9-5-3-7-15(17)14-6-2-4-8-16(14)20(21)26-22;17-15-16(18)20-14-12-8-4-2-6-10(12)9-5-1-3-7-11(9)13(14)19-15;1-12-7-3-2-5(9)4-6(7)8(10)11/h2-12H,1H3;1-8H;2-4,10-11H,1H3. The van der Waals surface area contributed by atoms with Crippen LogP contribution in [0.25, 0.3) is 76.4 Å². The van der Waals surface area contributed by atoms with Crippen molar-refractivity contribution in [2.45, 2.75) is 0 Å². The van der Waals surface area contributed by atoms with Crippen LogP contribution in [-0.2, 0) is 0 Å². The van der Waals surface area contributed by atoms with Gasteiger partial charge in [0.1, 0.15) is 17.2 Å². The van der Waals surface area contributed by atoms with Gasteiger partial charge in [-0.3, -0.25) is 0 Å². The van der Waals surface area contributed by atoms with E-state index in [4.69, 9.17) is 87.5 Å². The van der Waals surface area contributed by atoms with Gasteiger partial charge in [0.25, 0.3) is 0 Å². The molecule has 0 aliphatic heterocycles. The van der Waals surface area contributed by atoms with Crippen molar-refractivity contribution >= 4 is 136 Å². The first-order valence-corrected chi connectivity index (χ1v) is 20.2. The SMILES string of the molecule is COc1ccc(Cl)cc1-c1nc2c3ccccc3c3ccccc3c2nc1Cl.COc1ccc(Cl)cc1B(O)O.Clc1nc2c3ccccc3c3ccccc3c2nc1Cl. The Hall–Kier alpha value is -5.49. The predicted molar refractivity (Wildman–Crippen MR) is 249 cm³/mol. The van der Waals surface area contributed by atoms with E-state index in [1.807, 2.05) is 60.7 Å². The van der Waals surface area contributed by atoms with Crippen LogP contribution in [0.5, 0.6) is 11.5 Å². The van der Waals surface area contributed by atoms with Crippen molar-refractivity contribution in [3.05, 3.63) is 159 Å². The molecule has 10 rings (SSSR count). The zero-order chi connectivity index (χ0) is 42.1. The number of rotatable bonds is 4. The summed E-state index contributed by atoms with van der Waals surface area (Å²) in [5.74, 6) is 1.06. The summed E-state index contributed by atoms with van der Waals surface area (Å²) in [6.45, 7) is 0. The lowest BCUT2D eigenvalue weighted by Crippen LogP contribution is -2.31. The molecule has 60 heavy (non-hydrogen) atoms. The molecular weight excluding hydrogens is 861 g/mol. The number of hydrogen-bond donors (Lipinski definition) is 2. The van der Waals surface area contributed by atoms with Gasteiger partial charge in [0, 0.05) is 42.6 Å². The third kappa shape index (κ3) is 7.94. The Bertz CT molecular complexity index is 3190. The summed E-state index contributed by atoms with van der Waals surface area (Å²) in [5.41, 5.74) is 4.69. The average Bonchev–Trinajstić information content (AvgIpc) is 3.27. The molecule has 0 unspecified atom stereocenters. The lowest BCUT2D eigenvalue weighted by molar-refractivity contribution is 0.403. The molecule has 0 saturated heterocycles. The van der Waals surface area contributed by atoms with E-state index in [0.717, 1.165) is 65.2 Å². The summed E-state index contributed by atoms with van der Waals surface area (Å²) in [5, 5.41) is 28.2. The molecule has 14 heteroatoms. The summed E-state index contributed by atoms with van der Waals surface area (Å²) in [6, 6.07) is 42.6. The van der Waals surface area contributed by atoms with E-state index in [9.17, 15) is 0 Å². The smallest absolute Gasteiger partial charge is 0.492 e. The Labute approximate surface area is 369 Å². The Morgan fingerprint density at radius 2 is 0.767 bits per heavy atom. The number of aromatic nitrogens is 4. The van der Waals surface area contributed by atoms with Gasteiger partial charge in [0.15, 0.2) is 15.5 Å². The molecule has 2 heterocycles. The summed E-state index contributed by atoms with van der Waals surface area (Å²) in [7, 11) is 1.51. The fraction of sp³-hybridized carbons (Fsp3) is 0.0435. The number of ether oxygens (including phenoxy) is 2. The van der Waals surface area contributed by atoms with E-state index in [1.54, 1.807) is 37.4 Å². The van der Waals surface area contributed by atoms with Gasteiger partial charge in [-0.15, -0.1) is 0 Å². The van der Waals surface area contributed by atoms with Gasteiger partial charge in [0.2, 0.25) is 0 Å². The van der Waals surface area contributed by atoms with Gasteiger partial charge in [0.05, 0.1) is 36.3 Å². The van der Waals surface area contributed by atoms with E-state index in [2.05, 4.69) is 46.4 Å². The Morgan fingerprint density at radius 1 is 0.417 bits per heavy atom. The van der Waals surface area contributed by atoms with E-state index >= 15 is 0 Å². The highest BCUT2D eigenvalue weighted by atomic mass is 35.5. The number of benzene rings is 8. The first-order chi connectivity index (χ1) is 29.1. The Morgan fingerprint density at radius 3 is 1.17 bits per heavy atom. The molecule has 10 aromatic rings. The minimum absolute atomic E-state index is 0.236. The largest absolute Gasteiger partial charge is 0.497 e. The topological polar surface area (TPSA) is 110 Å². The van der Waals surface area contributed by atoms with Crippen LogP contribution in [0.2, 0.25) is 25.5 Å². The molecule has 2 N–H and O–H groups in total. The third-order valence-corrected chi connectivity index (χ3v) is 11.2. The molecule has 0 atom stereocenters. The summed E-state index contributed by atoms with van der Waals surface area (Å²) >= 11 is 30.5. The second-order valence-electron chi connectivity index (χ2n) is 13.3. The highest BCUT2D eigenvalue weighted by Gasteiger charge is 2.19. The molecule has 0 spiro atoms. The summed E-state index contributed by atoms with van der Waals surface area (Å²) in [6.07, 6.45) is 0. The lowest BCUT2D eigenvalue weighted by atomic mass is 9.79. The number of hydrogen-bond acceptors (Lipinski definition) is 8. The highest BCUT2D eigenvalue weighted by molar-refractivity contribution is 6.60. The third-order valence-electron chi connectivity index (χ3n) is 9.86. The molecule has 296 valence electrons. The maximum atomic E-state index is 8.88. The molecule has 2 aromatic heterocycles. The second-order valence-corrected chi connectivity index (χ2v) is 15.3. The van der Waals surface area contributed by atoms with Crippen LogP contribution in [-0.4, -0.2) is 51.3 Å². The molecule has 0 aliphatic carbocycles. The fourth-order valence-electron chi connectivity index (χ4n) is 7.20. The molecule has 0 bridgehead atoms. The van der Waals surface area contributed by atoms with Gasteiger partial charge >= 0.3 is 7.12 Å². The second kappa shape index (κ2) is 17.6. The zero-order valence-electron chi connectivity index (χ0n) is 31.7. The number of halogens is 5. The number of methoxy groups -OCH3 is 2. The van der Waals surface area contributed by atoms with Crippen LogP contribution in [0, 0.1) is 0 Å². The minimum atomic E-state index is -1.56. The Balaban J connectivity index is 0.000000136. The number of fused-ring (bicyclic) bond motifs is 12. The van der Waals surface area contributed by atoms with Crippen LogP contribution < -0.4 is 14.9 Å². The van der Waals surface area contributed by atoms with Crippen molar-refractivity contribution < 1.29 is 19.5 Å². The first-order valence-electron chi connectivity index (χ1n) is 18.3. The van der Waals surface area contributed by atoms with E-state index in [0.29, 0.717) is 38.0 Å². The zero-order valence-corrected chi connectivity index (χ0v) is 35.4. The lowest BCUT2D eigenvalue weighted by Gasteiger charge is -2.13. The van der Waals surface area contributed by atoms with Gasteiger partial charge in [-0.25, -0.2) is 19.9 Å². The Kier molecular flexibility index (Phi) is 12.1. The van der Waals surface area contributed by atoms with Gasteiger partial charge in [-0.2, -0.15) is 0 Å². The van der Waals surface area contributed by atoms with Gasteiger partial charge < -0.3 is 19.5 Å². The summed E-state index contributed by atoms with van der Waals surface area (Å²) < 4.78 is 10.4. The van der Waals surface area contributed by atoms with Crippen molar-refractivity contribution in [2.24, 2.45) is 0 Å². The van der Waals surface area contributed by atoms with Crippen LogP contribution in [0.3, 0.4) is 0 Å². The fourth-order valence-corrected chi connectivity index (χ4v) is 8.04. The van der Waals surface area contributed by atoms with E-state index in [-0.39, 0.29) is 15.8 Å². The van der Waals surface area contributed by atoms with Crippen molar-refractivity contribution in [2.75, 3.05) is 14.2 Å². The van der Waals surface area contributed by atoms with Crippen LogP contribution in [0.4, 0.5) is 0 Å². The molecule has 0 aliphatic rings. The molecule has 8 nitrogen and oxygen atoms in total. The van der Waals surface area contributed by atoms with Crippen molar-refractivity contribution in [3.8, 4) is 22.8 Å². The van der Waals surface area contributed by atoms with E-state index in [1.165, 1.54) is 13.2 Å². The first kappa shape index (κ1) is 41.3. The van der Waals surface area contributed by atoms with Crippen molar-refractivity contribution in [1.29, 1.82) is 0 Å². The minimum Gasteiger partial charge on any atom is -0.497 e. The van der Waals surface area contributed by atoms with Crippen molar-refractivity contribution in [3.63, 3.8) is 0 Å². The molecule has 0 saturated carbocycles. The number of nitrogens with zero attached hydrogens (tertiary/aromatic N) is 4. The monoisotopic (exact) mass is 888 g/mol. The van der Waals surface area contributed by atoms with Gasteiger partial charge in [-0.1, -0.05) is 155 Å². The van der Waals surface area contributed by atoms with Crippen molar-refractivity contribution in [1.82, 2.24) is 19.9 Å². The predicted octanol–water partition coefficient (Wildman–Crippen LogP) is 12.2. The maximum absolute atomic E-state index is 8.88. The normalized spacial score (nSPS) is 11.1. The molecule has 8 aromatic carbocycles. The quantitative estimate of drug-likeness (QED) is 0.133. The average molecular weight is 891 g/mol.